The molecule has 4 heteroatoms. The van der Waals surface area contributed by atoms with E-state index in [9.17, 15) is 4.79 Å². The Balaban J connectivity index is 1.75. The number of nitrogens with zero attached hydrogens (tertiary/aromatic N) is 1. The third-order valence-corrected chi connectivity index (χ3v) is 4.16. The highest BCUT2D eigenvalue weighted by molar-refractivity contribution is 5.83. The molecule has 0 aliphatic carbocycles. The van der Waals surface area contributed by atoms with Crippen LogP contribution in [-0.4, -0.2) is 36.0 Å². The number of benzene rings is 1. The highest BCUT2D eigenvalue weighted by Crippen LogP contribution is 2.32. The molecule has 2 aliphatic heterocycles. The van der Waals surface area contributed by atoms with E-state index in [1.54, 1.807) is 0 Å². The Morgan fingerprint density at radius 1 is 1.37 bits per heavy atom. The van der Waals surface area contributed by atoms with Gasteiger partial charge in [-0.1, -0.05) is 6.07 Å². The highest BCUT2D eigenvalue weighted by atomic mass is 16.5. The monoisotopic (exact) mass is 260 g/mol. The Morgan fingerprint density at radius 2 is 2.11 bits per heavy atom. The maximum Gasteiger partial charge on any atom is 0.264 e. The number of likely N-dealkylation sites (tertiary alicyclic amines) is 1. The van der Waals surface area contributed by atoms with Gasteiger partial charge in [0.15, 0.2) is 6.10 Å². The van der Waals surface area contributed by atoms with Crippen LogP contribution in [0, 0.1) is 13.8 Å². The molecule has 2 N–H and O–H groups in total. The Kier molecular flexibility index (Phi) is 2.97. The third-order valence-electron chi connectivity index (χ3n) is 4.16. The average molecular weight is 260 g/mol. The molecule has 1 fully saturated rings. The molecule has 0 radical (unpaired) electrons. The number of carbonyl (C=O) groups excluding carboxylic acids is 1. The fourth-order valence-electron chi connectivity index (χ4n) is 2.84. The van der Waals surface area contributed by atoms with Gasteiger partial charge in [-0.3, -0.25) is 4.79 Å². The van der Waals surface area contributed by atoms with Crippen molar-refractivity contribution < 1.29 is 9.53 Å². The molecule has 3 rings (SSSR count). The Bertz CT molecular complexity index is 496. The molecule has 0 spiro atoms. The third kappa shape index (κ3) is 2.21. The lowest BCUT2D eigenvalue weighted by atomic mass is 10.0. The largest absolute Gasteiger partial charge is 0.480 e. The van der Waals surface area contributed by atoms with E-state index >= 15 is 0 Å². The predicted octanol–water partition coefficient (Wildman–Crippen LogP) is 1.17. The average Bonchev–Trinajstić information content (AvgIpc) is 2.95. The van der Waals surface area contributed by atoms with Crippen molar-refractivity contribution in [1.82, 2.24) is 4.90 Å². The minimum atomic E-state index is -0.360. The first-order valence-electron chi connectivity index (χ1n) is 6.86. The second-order valence-corrected chi connectivity index (χ2v) is 5.69. The van der Waals surface area contributed by atoms with Crippen LogP contribution in [0.3, 0.4) is 0 Å². The number of nitrogens with two attached hydrogens (primary N) is 1. The summed E-state index contributed by atoms with van der Waals surface area (Å²) in [6.45, 7) is 5.57. The molecule has 2 heterocycles. The standard InChI is InChI=1S/C15H20N2O2/c1-9-5-11-7-14(19-13(11)6-10(9)2)15(18)17-4-3-12(16)8-17/h5-6,12,14H,3-4,7-8,16H2,1-2H3/t12-,14+/m0/s1. The van der Waals surface area contributed by atoms with E-state index in [2.05, 4.69) is 19.9 Å². The maximum absolute atomic E-state index is 12.4. The molecule has 1 amide bonds. The van der Waals surface area contributed by atoms with Gasteiger partial charge in [-0.15, -0.1) is 0 Å². The zero-order chi connectivity index (χ0) is 13.6. The minimum absolute atomic E-state index is 0.0828. The van der Waals surface area contributed by atoms with E-state index in [0.29, 0.717) is 13.0 Å². The van der Waals surface area contributed by atoms with Gasteiger partial charge in [0, 0.05) is 25.6 Å². The molecule has 19 heavy (non-hydrogen) atoms. The van der Waals surface area contributed by atoms with E-state index in [-0.39, 0.29) is 18.1 Å². The van der Waals surface area contributed by atoms with Crippen LogP contribution in [0.25, 0.3) is 0 Å². The summed E-state index contributed by atoms with van der Waals surface area (Å²) in [7, 11) is 0. The van der Waals surface area contributed by atoms with Crippen LogP contribution in [0.4, 0.5) is 0 Å². The van der Waals surface area contributed by atoms with Gasteiger partial charge in [0.1, 0.15) is 5.75 Å². The Labute approximate surface area is 113 Å². The Morgan fingerprint density at radius 3 is 2.79 bits per heavy atom. The number of amides is 1. The van der Waals surface area contributed by atoms with E-state index < -0.39 is 0 Å². The molecule has 2 aliphatic rings. The topological polar surface area (TPSA) is 55.6 Å². The van der Waals surface area contributed by atoms with E-state index in [0.717, 1.165) is 24.3 Å². The second-order valence-electron chi connectivity index (χ2n) is 5.69. The van der Waals surface area contributed by atoms with Crippen molar-refractivity contribution in [3.05, 3.63) is 28.8 Å². The van der Waals surface area contributed by atoms with Crippen molar-refractivity contribution in [2.45, 2.75) is 38.8 Å². The first-order chi connectivity index (χ1) is 9.04. The van der Waals surface area contributed by atoms with Crippen molar-refractivity contribution in [3.8, 4) is 5.75 Å². The van der Waals surface area contributed by atoms with Crippen LogP contribution < -0.4 is 10.5 Å². The lowest BCUT2D eigenvalue weighted by molar-refractivity contribution is -0.136. The maximum atomic E-state index is 12.4. The van der Waals surface area contributed by atoms with Gasteiger partial charge < -0.3 is 15.4 Å². The number of carbonyl (C=O) groups is 1. The molecule has 1 aromatic rings. The number of hydrogen-bond acceptors (Lipinski definition) is 3. The zero-order valence-corrected chi connectivity index (χ0v) is 11.5. The molecule has 0 aromatic heterocycles. The molecular formula is C15H20N2O2. The van der Waals surface area contributed by atoms with E-state index in [4.69, 9.17) is 10.5 Å². The van der Waals surface area contributed by atoms with Crippen molar-refractivity contribution in [3.63, 3.8) is 0 Å². The summed E-state index contributed by atoms with van der Waals surface area (Å²) in [6, 6.07) is 4.29. The van der Waals surface area contributed by atoms with Gasteiger partial charge in [0.25, 0.3) is 5.91 Å². The summed E-state index contributed by atoms with van der Waals surface area (Å²) in [5.41, 5.74) is 9.45. The quantitative estimate of drug-likeness (QED) is 0.824. The minimum Gasteiger partial charge on any atom is -0.480 e. The molecule has 0 bridgehead atoms. The van der Waals surface area contributed by atoms with Gasteiger partial charge in [0.2, 0.25) is 0 Å². The summed E-state index contributed by atoms with van der Waals surface area (Å²) >= 11 is 0. The number of hydrogen-bond donors (Lipinski definition) is 1. The van der Waals surface area contributed by atoms with E-state index in [1.807, 2.05) is 11.0 Å². The number of aryl methyl sites for hydroxylation is 2. The fourth-order valence-corrected chi connectivity index (χ4v) is 2.84. The van der Waals surface area contributed by atoms with Crippen LogP contribution in [-0.2, 0) is 11.2 Å². The lowest BCUT2D eigenvalue weighted by Crippen LogP contribution is -2.41. The first-order valence-corrected chi connectivity index (χ1v) is 6.86. The van der Waals surface area contributed by atoms with Crippen LogP contribution in [0.1, 0.15) is 23.1 Å². The lowest BCUT2D eigenvalue weighted by Gasteiger charge is -2.19. The van der Waals surface area contributed by atoms with E-state index in [1.165, 1.54) is 11.1 Å². The van der Waals surface area contributed by atoms with Gasteiger partial charge in [-0.2, -0.15) is 0 Å². The summed E-state index contributed by atoms with van der Waals surface area (Å²) in [4.78, 5) is 14.2. The smallest absolute Gasteiger partial charge is 0.264 e. The SMILES string of the molecule is Cc1cc2c(cc1C)O[C@@H](C(=O)N1CC[C@H](N)C1)C2. The summed E-state index contributed by atoms with van der Waals surface area (Å²) in [5.74, 6) is 0.949. The molecule has 4 nitrogen and oxygen atoms in total. The van der Waals surface area contributed by atoms with Crippen LogP contribution in [0.2, 0.25) is 0 Å². The van der Waals surface area contributed by atoms with Crippen LogP contribution >= 0.6 is 0 Å². The molecule has 2 atom stereocenters. The molecule has 0 unspecified atom stereocenters. The highest BCUT2D eigenvalue weighted by Gasteiger charge is 2.35. The predicted molar refractivity (Wildman–Crippen MR) is 73.2 cm³/mol. The normalized spacial score (nSPS) is 25.3. The number of ether oxygens (including phenoxy) is 1. The van der Waals surface area contributed by atoms with Gasteiger partial charge >= 0.3 is 0 Å². The van der Waals surface area contributed by atoms with Crippen molar-refractivity contribution in [2.24, 2.45) is 5.73 Å². The second kappa shape index (κ2) is 4.53. The van der Waals surface area contributed by atoms with Gasteiger partial charge in [0.05, 0.1) is 0 Å². The van der Waals surface area contributed by atoms with Gasteiger partial charge in [-0.25, -0.2) is 0 Å². The fraction of sp³-hybridized carbons (Fsp3) is 0.533. The Hall–Kier alpha value is -1.55. The first kappa shape index (κ1) is 12.5. The van der Waals surface area contributed by atoms with Crippen molar-refractivity contribution >= 4 is 5.91 Å². The van der Waals surface area contributed by atoms with Crippen molar-refractivity contribution in [2.75, 3.05) is 13.1 Å². The molecule has 1 aromatic carbocycles. The summed E-state index contributed by atoms with van der Waals surface area (Å²) in [6.07, 6.45) is 1.21. The summed E-state index contributed by atoms with van der Waals surface area (Å²) < 4.78 is 5.82. The van der Waals surface area contributed by atoms with Gasteiger partial charge in [-0.05, 0) is 43.0 Å². The van der Waals surface area contributed by atoms with Crippen LogP contribution in [0.15, 0.2) is 12.1 Å². The molecule has 0 saturated carbocycles. The van der Waals surface area contributed by atoms with Crippen molar-refractivity contribution in [1.29, 1.82) is 0 Å². The zero-order valence-electron chi connectivity index (χ0n) is 11.5. The summed E-state index contributed by atoms with van der Waals surface area (Å²) in [5, 5.41) is 0. The molecular weight excluding hydrogens is 240 g/mol. The number of fused-ring (bicyclic) bond motifs is 1. The molecule has 102 valence electrons. The number of rotatable bonds is 1. The van der Waals surface area contributed by atoms with Crippen LogP contribution in [0.5, 0.6) is 5.75 Å². The molecule has 1 saturated heterocycles.